The van der Waals surface area contributed by atoms with Crippen molar-refractivity contribution in [2.24, 2.45) is 0 Å². The lowest BCUT2D eigenvalue weighted by atomic mass is 10.1. The second kappa shape index (κ2) is 9.03. The van der Waals surface area contributed by atoms with Crippen LogP contribution < -0.4 is 5.32 Å². The van der Waals surface area contributed by atoms with Gasteiger partial charge in [0.05, 0.1) is 33.6 Å². The van der Waals surface area contributed by atoms with E-state index >= 15 is 0 Å². The molecule has 4 aromatic rings. The molecule has 2 amide bonds. The molecule has 1 aliphatic rings. The topological polar surface area (TPSA) is 75.4 Å². The average molecular weight is 478 g/mol. The quantitative estimate of drug-likeness (QED) is 0.432. The number of carbonyl (C=O) groups is 2. The number of carbonyl (C=O) groups excluding carboxylic acids is 2. The number of benzene rings is 2. The second-order valence-corrected chi connectivity index (χ2v) is 10.3. The molecule has 0 unspecified atom stereocenters. The van der Waals surface area contributed by atoms with Crippen molar-refractivity contribution in [3.63, 3.8) is 0 Å². The van der Waals surface area contributed by atoms with E-state index in [1.54, 1.807) is 36.2 Å². The summed E-state index contributed by atoms with van der Waals surface area (Å²) < 4.78 is 5.40. The summed E-state index contributed by atoms with van der Waals surface area (Å²) in [7, 11) is 0. The third-order valence-corrected chi connectivity index (χ3v) is 7.83. The number of aryl methyl sites for hydroxylation is 2. The van der Waals surface area contributed by atoms with E-state index in [4.69, 9.17) is 4.42 Å². The molecular formula is C25H23N3O3S2. The van der Waals surface area contributed by atoms with Crippen LogP contribution in [0.15, 0.2) is 59.2 Å². The zero-order valence-corrected chi connectivity index (χ0v) is 20.0. The third-order valence-electron chi connectivity index (χ3n) is 5.73. The predicted octanol–water partition coefficient (Wildman–Crippen LogP) is 5.12. The molecule has 0 aliphatic carbocycles. The molecule has 1 saturated heterocycles. The summed E-state index contributed by atoms with van der Waals surface area (Å²) in [5, 5.41) is 4.65. The summed E-state index contributed by atoms with van der Waals surface area (Å²) in [6.07, 6.45) is 1.58. The number of amides is 2. The fourth-order valence-corrected chi connectivity index (χ4v) is 6.10. The van der Waals surface area contributed by atoms with Gasteiger partial charge in [-0.05, 0) is 37.6 Å². The summed E-state index contributed by atoms with van der Waals surface area (Å²) in [6, 6.07) is 15.3. The number of aromatic nitrogens is 1. The minimum atomic E-state index is -0.170. The molecule has 33 heavy (non-hydrogen) atoms. The summed E-state index contributed by atoms with van der Waals surface area (Å²) in [5.74, 6) is 1.10. The first-order chi connectivity index (χ1) is 16.0. The van der Waals surface area contributed by atoms with Crippen molar-refractivity contribution in [3.05, 3.63) is 76.6 Å². The van der Waals surface area contributed by atoms with Gasteiger partial charge in [-0.3, -0.25) is 9.59 Å². The minimum Gasteiger partial charge on any atom is -0.464 e. The minimum absolute atomic E-state index is 0.0869. The van der Waals surface area contributed by atoms with Crippen LogP contribution >= 0.6 is 23.1 Å². The Morgan fingerprint density at radius 2 is 1.97 bits per heavy atom. The van der Waals surface area contributed by atoms with Crippen LogP contribution in [-0.4, -0.2) is 45.9 Å². The molecule has 1 N–H and O–H groups in total. The average Bonchev–Trinajstić information content (AvgIpc) is 3.56. The van der Waals surface area contributed by atoms with Crippen molar-refractivity contribution in [2.75, 3.05) is 18.2 Å². The van der Waals surface area contributed by atoms with E-state index in [0.29, 0.717) is 29.3 Å². The molecule has 0 spiro atoms. The number of nitrogens with one attached hydrogen (secondary N) is 1. The Kier molecular flexibility index (Phi) is 5.95. The van der Waals surface area contributed by atoms with E-state index in [9.17, 15) is 9.59 Å². The van der Waals surface area contributed by atoms with Crippen LogP contribution in [0.25, 0.3) is 21.4 Å². The second-order valence-electron chi connectivity index (χ2n) is 8.05. The van der Waals surface area contributed by atoms with Gasteiger partial charge in [0.1, 0.15) is 11.3 Å². The molecule has 1 fully saturated rings. The number of nitrogens with zero attached hydrogens (tertiary/aromatic N) is 2. The van der Waals surface area contributed by atoms with E-state index in [0.717, 1.165) is 26.6 Å². The van der Waals surface area contributed by atoms with Gasteiger partial charge < -0.3 is 14.6 Å². The SMILES string of the molecule is Cc1ccc(-c2sc(C)nc2C(=O)N2CSC[C@H]2CNC(=O)c2cccc3occc23)cc1. The molecule has 2 aromatic carbocycles. The normalized spacial score (nSPS) is 15.8. The van der Waals surface area contributed by atoms with Crippen LogP contribution in [0, 0.1) is 13.8 Å². The molecule has 5 rings (SSSR count). The van der Waals surface area contributed by atoms with E-state index in [1.807, 2.05) is 49.1 Å². The molecule has 8 heteroatoms. The lowest BCUT2D eigenvalue weighted by Crippen LogP contribution is -2.44. The van der Waals surface area contributed by atoms with Gasteiger partial charge in [0.2, 0.25) is 0 Å². The van der Waals surface area contributed by atoms with E-state index in [-0.39, 0.29) is 17.9 Å². The number of furan rings is 1. The molecule has 1 atom stereocenters. The maximum Gasteiger partial charge on any atom is 0.275 e. The highest BCUT2D eigenvalue weighted by Crippen LogP contribution is 2.33. The highest BCUT2D eigenvalue weighted by atomic mass is 32.2. The van der Waals surface area contributed by atoms with Crippen LogP contribution in [0.1, 0.15) is 31.4 Å². The van der Waals surface area contributed by atoms with Crippen molar-refractivity contribution in [3.8, 4) is 10.4 Å². The van der Waals surface area contributed by atoms with Crippen molar-refractivity contribution in [2.45, 2.75) is 19.9 Å². The molecule has 168 valence electrons. The molecular weight excluding hydrogens is 454 g/mol. The summed E-state index contributed by atoms with van der Waals surface area (Å²) in [4.78, 5) is 33.7. The Morgan fingerprint density at radius 1 is 1.15 bits per heavy atom. The molecule has 0 radical (unpaired) electrons. The van der Waals surface area contributed by atoms with Gasteiger partial charge in [-0.2, -0.15) is 0 Å². The maximum atomic E-state index is 13.5. The molecule has 2 aromatic heterocycles. The first-order valence-electron chi connectivity index (χ1n) is 10.7. The van der Waals surface area contributed by atoms with Crippen LogP contribution in [0.5, 0.6) is 0 Å². The van der Waals surface area contributed by atoms with Crippen LogP contribution in [0.4, 0.5) is 0 Å². The Bertz CT molecular complexity index is 1330. The molecule has 1 aliphatic heterocycles. The van der Waals surface area contributed by atoms with Gasteiger partial charge in [0.25, 0.3) is 11.8 Å². The van der Waals surface area contributed by atoms with Crippen molar-refractivity contribution in [1.82, 2.24) is 15.2 Å². The van der Waals surface area contributed by atoms with Crippen molar-refractivity contribution in [1.29, 1.82) is 0 Å². The van der Waals surface area contributed by atoms with Gasteiger partial charge >= 0.3 is 0 Å². The van der Waals surface area contributed by atoms with Crippen LogP contribution in [0.2, 0.25) is 0 Å². The Morgan fingerprint density at radius 3 is 2.79 bits per heavy atom. The number of fused-ring (bicyclic) bond motifs is 1. The molecule has 6 nitrogen and oxygen atoms in total. The summed E-state index contributed by atoms with van der Waals surface area (Å²) in [5.41, 5.74) is 3.91. The Hall–Kier alpha value is -3.10. The van der Waals surface area contributed by atoms with E-state index < -0.39 is 0 Å². The fourth-order valence-electron chi connectivity index (χ4n) is 3.98. The number of hydrogen-bond acceptors (Lipinski definition) is 6. The molecule has 0 bridgehead atoms. The van der Waals surface area contributed by atoms with Crippen molar-refractivity contribution < 1.29 is 14.0 Å². The summed E-state index contributed by atoms with van der Waals surface area (Å²) >= 11 is 3.22. The van der Waals surface area contributed by atoms with Gasteiger partial charge in [-0.1, -0.05) is 35.9 Å². The number of rotatable bonds is 5. The Balaban J connectivity index is 1.33. The highest BCUT2D eigenvalue weighted by molar-refractivity contribution is 7.99. The fraction of sp³-hybridized carbons (Fsp3) is 0.240. The smallest absolute Gasteiger partial charge is 0.275 e. The standard InChI is InChI=1S/C25H23N3O3S2/c1-15-6-8-17(9-7-15)23-22(27-16(2)33-23)25(30)28-14-32-13-18(28)12-26-24(29)20-4-3-5-21-19(20)10-11-31-21/h3-11,18H,12-14H2,1-2H3,(H,26,29)/t18-/m1/s1. The monoisotopic (exact) mass is 477 g/mol. The molecule has 0 saturated carbocycles. The van der Waals surface area contributed by atoms with Gasteiger partial charge in [0, 0.05) is 17.7 Å². The van der Waals surface area contributed by atoms with E-state index in [2.05, 4.69) is 10.3 Å². The number of hydrogen-bond donors (Lipinski definition) is 1. The zero-order chi connectivity index (χ0) is 22.9. The van der Waals surface area contributed by atoms with Crippen molar-refractivity contribution >= 4 is 45.9 Å². The van der Waals surface area contributed by atoms with E-state index in [1.165, 1.54) is 16.9 Å². The Labute approximate surface area is 200 Å². The van der Waals surface area contributed by atoms with Gasteiger partial charge in [0.15, 0.2) is 0 Å². The first kappa shape index (κ1) is 21.7. The van der Waals surface area contributed by atoms with Gasteiger partial charge in [-0.15, -0.1) is 23.1 Å². The molecule has 3 heterocycles. The number of thiazole rings is 1. The highest BCUT2D eigenvalue weighted by Gasteiger charge is 2.33. The summed E-state index contributed by atoms with van der Waals surface area (Å²) in [6.45, 7) is 4.35. The number of thioether (sulfide) groups is 1. The first-order valence-corrected chi connectivity index (χ1v) is 12.7. The lowest BCUT2D eigenvalue weighted by Gasteiger charge is -2.24. The lowest BCUT2D eigenvalue weighted by molar-refractivity contribution is 0.0732. The largest absolute Gasteiger partial charge is 0.464 e. The van der Waals surface area contributed by atoms with Crippen LogP contribution in [0.3, 0.4) is 0 Å². The van der Waals surface area contributed by atoms with Crippen LogP contribution in [-0.2, 0) is 0 Å². The maximum absolute atomic E-state index is 13.5. The predicted molar refractivity (Wildman–Crippen MR) is 133 cm³/mol. The van der Waals surface area contributed by atoms with Gasteiger partial charge in [-0.25, -0.2) is 4.98 Å². The zero-order valence-electron chi connectivity index (χ0n) is 18.3. The third kappa shape index (κ3) is 4.28.